The summed E-state index contributed by atoms with van der Waals surface area (Å²) in [6.45, 7) is 3.83. The monoisotopic (exact) mass is 432 g/mol. The molecule has 1 saturated heterocycles. The average molecular weight is 433 g/mol. The molecule has 7 heteroatoms. The second-order valence-corrected chi connectivity index (χ2v) is 8.77. The summed E-state index contributed by atoms with van der Waals surface area (Å²) in [6, 6.07) is 18.1. The van der Waals surface area contributed by atoms with E-state index in [0.29, 0.717) is 28.9 Å². The van der Waals surface area contributed by atoms with Crippen molar-refractivity contribution < 1.29 is 5.02 Å². The zero-order valence-electron chi connectivity index (χ0n) is 17.7. The molecule has 0 radical (unpaired) electrons. The van der Waals surface area contributed by atoms with Crippen LogP contribution in [0.15, 0.2) is 48.5 Å². The normalized spacial score (nSPS) is 16.2. The van der Waals surface area contributed by atoms with Crippen LogP contribution in [0.4, 0.5) is 11.5 Å². The Kier molecular flexibility index (Phi) is 6.65. The lowest BCUT2D eigenvalue weighted by molar-refractivity contribution is 0.429. The van der Waals surface area contributed by atoms with Crippen LogP contribution >= 0.6 is 11.6 Å². The van der Waals surface area contributed by atoms with Crippen LogP contribution in [-0.4, -0.2) is 30.0 Å². The highest BCUT2D eigenvalue weighted by atomic mass is 35.5. The van der Waals surface area contributed by atoms with Crippen molar-refractivity contribution in [3.63, 3.8) is 0 Å². The Morgan fingerprint density at radius 1 is 1.26 bits per heavy atom. The average Bonchev–Trinajstić information content (AvgIpc) is 2.77. The first-order valence-corrected chi connectivity index (χ1v) is 11.2. The third-order valence-electron chi connectivity index (χ3n) is 5.86. The molecule has 1 aliphatic rings. The molecule has 0 amide bonds. The van der Waals surface area contributed by atoms with Crippen molar-refractivity contribution in [3.8, 4) is 6.07 Å². The van der Waals surface area contributed by atoms with E-state index in [2.05, 4.69) is 16.3 Å². The maximum absolute atomic E-state index is 10.1. The van der Waals surface area contributed by atoms with Crippen LogP contribution in [0.25, 0.3) is 10.9 Å². The molecular weight excluding hydrogens is 407 g/mol. The number of nitriles is 1. The van der Waals surface area contributed by atoms with Crippen molar-refractivity contribution in [1.82, 2.24) is 4.98 Å². The Labute approximate surface area is 188 Å². The fourth-order valence-electron chi connectivity index (χ4n) is 4.49. The van der Waals surface area contributed by atoms with Gasteiger partial charge in [-0.25, -0.2) is 4.98 Å². The number of halogens is 1. The Balaban J connectivity index is 1.71. The van der Waals surface area contributed by atoms with E-state index in [-0.39, 0.29) is 6.92 Å². The first kappa shape index (κ1) is 21.5. The first-order valence-electron chi connectivity index (χ1n) is 10.8. The Hall–Kier alpha value is -2.75. The number of fused-ring (bicyclic) bond motifs is 1. The van der Waals surface area contributed by atoms with Gasteiger partial charge in [0.25, 0.3) is 6.92 Å². The van der Waals surface area contributed by atoms with Crippen LogP contribution < -0.4 is 10.2 Å². The minimum atomic E-state index is -0.314. The first-order chi connectivity index (χ1) is 15.0. The zero-order chi connectivity index (χ0) is 21.8. The number of nitrogens with one attached hydrogen (secondary N) is 1. The van der Waals surface area contributed by atoms with E-state index in [0.717, 1.165) is 54.4 Å². The van der Waals surface area contributed by atoms with E-state index in [4.69, 9.17) is 16.6 Å². The number of piperidine rings is 1. The molecule has 0 aliphatic carbocycles. The van der Waals surface area contributed by atoms with Gasteiger partial charge in [0, 0.05) is 30.0 Å². The SMILES string of the molecule is CB(O)CC1CCCN(c2c(C#N)c(NCc3ccc(Cl)cc3)nc3ccccc23)C1. The van der Waals surface area contributed by atoms with Gasteiger partial charge in [0.05, 0.1) is 11.2 Å². The summed E-state index contributed by atoms with van der Waals surface area (Å²) in [5, 5.41) is 25.1. The number of rotatable bonds is 6. The lowest BCUT2D eigenvalue weighted by Gasteiger charge is -2.36. The molecule has 1 aliphatic heterocycles. The minimum Gasteiger partial charge on any atom is -0.451 e. The summed E-state index contributed by atoms with van der Waals surface area (Å²) < 4.78 is 0. The van der Waals surface area contributed by atoms with Gasteiger partial charge < -0.3 is 15.2 Å². The van der Waals surface area contributed by atoms with Crippen molar-refractivity contribution in [2.45, 2.75) is 32.5 Å². The molecule has 1 fully saturated rings. The molecule has 0 spiro atoms. The van der Waals surface area contributed by atoms with E-state index in [1.54, 1.807) is 0 Å². The number of anilines is 2. The van der Waals surface area contributed by atoms with Gasteiger partial charge in [-0.15, -0.1) is 0 Å². The molecule has 1 atom stereocenters. The molecule has 0 bridgehead atoms. The van der Waals surface area contributed by atoms with Gasteiger partial charge in [-0.2, -0.15) is 5.26 Å². The number of hydrogen-bond donors (Lipinski definition) is 2. The van der Waals surface area contributed by atoms with Crippen LogP contribution in [0, 0.1) is 17.2 Å². The van der Waals surface area contributed by atoms with Gasteiger partial charge in [0.1, 0.15) is 17.5 Å². The minimum absolute atomic E-state index is 0.314. The summed E-state index contributed by atoms with van der Waals surface area (Å²) in [4.78, 5) is 7.09. The van der Waals surface area contributed by atoms with Crippen molar-refractivity contribution in [2.24, 2.45) is 5.92 Å². The van der Waals surface area contributed by atoms with Gasteiger partial charge in [0.15, 0.2) is 0 Å². The summed E-state index contributed by atoms with van der Waals surface area (Å²) in [5.74, 6) is 1.02. The van der Waals surface area contributed by atoms with E-state index in [9.17, 15) is 10.3 Å². The van der Waals surface area contributed by atoms with E-state index in [1.807, 2.05) is 55.4 Å². The second-order valence-electron chi connectivity index (χ2n) is 8.33. The molecule has 3 aromatic rings. The molecule has 4 rings (SSSR count). The van der Waals surface area contributed by atoms with Crippen LogP contribution in [0.3, 0.4) is 0 Å². The van der Waals surface area contributed by atoms with Crippen LogP contribution in [0.2, 0.25) is 18.2 Å². The van der Waals surface area contributed by atoms with E-state index < -0.39 is 0 Å². The Morgan fingerprint density at radius 2 is 2.03 bits per heavy atom. The number of para-hydroxylation sites is 1. The summed E-state index contributed by atoms with van der Waals surface area (Å²) >= 11 is 5.99. The Morgan fingerprint density at radius 3 is 2.77 bits per heavy atom. The van der Waals surface area contributed by atoms with Gasteiger partial charge >= 0.3 is 0 Å². The van der Waals surface area contributed by atoms with Crippen molar-refractivity contribution in [3.05, 3.63) is 64.7 Å². The fourth-order valence-corrected chi connectivity index (χ4v) is 4.61. The molecule has 5 nitrogen and oxygen atoms in total. The van der Waals surface area contributed by atoms with Crippen LogP contribution in [-0.2, 0) is 6.54 Å². The lowest BCUT2D eigenvalue weighted by Crippen LogP contribution is -2.37. The van der Waals surface area contributed by atoms with Crippen molar-refractivity contribution in [1.29, 1.82) is 5.26 Å². The highest BCUT2D eigenvalue weighted by Gasteiger charge is 2.27. The molecule has 2 N–H and O–H groups in total. The van der Waals surface area contributed by atoms with Gasteiger partial charge in [-0.1, -0.05) is 48.8 Å². The maximum Gasteiger partial charge on any atom is 0.286 e. The molecule has 2 aromatic carbocycles. The largest absolute Gasteiger partial charge is 0.451 e. The third kappa shape index (κ3) is 4.95. The molecule has 158 valence electrons. The van der Waals surface area contributed by atoms with Gasteiger partial charge in [0.2, 0.25) is 0 Å². The van der Waals surface area contributed by atoms with Crippen molar-refractivity contribution >= 4 is 40.9 Å². The smallest absolute Gasteiger partial charge is 0.286 e. The maximum atomic E-state index is 10.1. The van der Waals surface area contributed by atoms with Gasteiger partial charge in [-0.3, -0.25) is 0 Å². The van der Waals surface area contributed by atoms with E-state index in [1.165, 1.54) is 0 Å². The number of benzene rings is 2. The number of pyridine rings is 1. The predicted molar refractivity (Wildman–Crippen MR) is 129 cm³/mol. The fraction of sp³-hybridized carbons (Fsp3) is 0.333. The van der Waals surface area contributed by atoms with E-state index >= 15 is 0 Å². The zero-order valence-corrected chi connectivity index (χ0v) is 18.4. The lowest BCUT2D eigenvalue weighted by atomic mass is 9.63. The van der Waals surface area contributed by atoms with Crippen LogP contribution in [0.5, 0.6) is 0 Å². The summed E-state index contributed by atoms with van der Waals surface area (Å²) in [5.41, 5.74) is 3.46. The molecule has 1 aromatic heterocycles. The summed E-state index contributed by atoms with van der Waals surface area (Å²) in [7, 11) is 0. The standard InChI is InChI=1S/C24H26BClN4O/c1-25(31)13-18-5-4-12-30(16-18)23-20-6-2-3-7-22(20)29-24(21(23)14-27)28-15-17-8-10-19(26)11-9-17/h2-3,6-11,18,31H,4-5,12-13,15-16H2,1H3,(H,28,29). The third-order valence-corrected chi connectivity index (χ3v) is 6.11. The number of hydrogen-bond acceptors (Lipinski definition) is 5. The molecule has 31 heavy (non-hydrogen) atoms. The highest BCUT2D eigenvalue weighted by Crippen LogP contribution is 2.37. The van der Waals surface area contributed by atoms with Crippen LogP contribution in [0.1, 0.15) is 24.0 Å². The highest BCUT2D eigenvalue weighted by molar-refractivity contribution is 6.48. The second kappa shape index (κ2) is 9.59. The predicted octanol–water partition coefficient (Wildman–Crippen LogP) is 5.20. The Bertz CT molecular complexity index is 1100. The summed E-state index contributed by atoms with van der Waals surface area (Å²) in [6.07, 6.45) is 2.93. The molecule has 1 unspecified atom stereocenters. The number of nitrogens with zero attached hydrogens (tertiary/aromatic N) is 3. The topological polar surface area (TPSA) is 72.2 Å². The molecule has 2 heterocycles. The quantitative estimate of drug-likeness (QED) is 0.524. The molecule has 0 saturated carbocycles. The molecular formula is C24H26BClN4O. The van der Waals surface area contributed by atoms with Crippen molar-refractivity contribution in [2.75, 3.05) is 23.3 Å². The van der Waals surface area contributed by atoms with Gasteiger partial charge in [-0.05, 0) is 48.8 Å². The number of aromatic nitrogens is 1.